The van der Waals surface area contributed by atoms with Crippen LogP contribution in [-0.4, -0.2) is 13.6 Å². The summed E-state index contributed by atoms with van der Waals surface area (Å²) in [6.45, 7) is 3.40. The van der Waals surface area contributed by atoms with Crippen molar-refractivity contribution in [2.24, 2.45) is 5.92 Å². The largest absolute Gasteiger partial charge is 0.319 e. The summed E-state index contributed by atoms with van der Waals surface area (Å²) in [5, 5.41) is 3.49. The standard InChI is InChI=1S/C17H25N.CH4/c1-13-6-7-14-8-9-15-5-3-4-10-17(15,12-18-2)16(14)11-13;/h6-7,11,15,18H,3-5,8-10,12H2,1-2H3;1H4/t15?,17-;/m0./s1. The third-order valence-corrected chi connectivity index (χ3v) is 5.26. The summed E-state index contributed by atoms with van der Waals surface area (Å²) < 4.78 is 0. The monoisotopic (exact) mass is 259 g/mol. The molecule has 1 N–H and O–H groups in total. The van der Waals surface area contributed by atoms with E-state index < -0.39 is 0 Å². The first-order valence-electron chi connectivity index (χ1n) is 7.51. The summed E-state index contributed by atoms with van der Waals surface area (Å²) in [4.78, 5) is 0. The molecular formula is C18H29N. The fourth-order valence-corrected chi connectivity index (χ4v) is 4.43. The minimum atomic E-state index is 0. The molecule has 0 heterocycles. The minimum Gasteiger partial charge on any atom is -0.319 e. The molecule has 1 nitrogen and oxygen atoms in total. The van der Waals surface area contributed by atoms with E-state index in [1.54, 1.807) is 11.1 Å². The van der Waals surface area contributed by atoms with E-state index in [4.69, 9.17) is 0 Å². The van der Waals surface area contributed by atoms with Crippen LogP contribution in [0.4, 0.5) is 0 Å². The second kappa shape index (κ2) is 5.66. The summed E-state index contributed by atoms with van der Waals surface area (Å²) >= 11 is 0. The van der Waals surface area contributed by atoms with Crippen molar-refractivity contribution in [2.75, 3.05) is 13.6 Å². The lowest BCUT2D eigenvalue weighted by Crippen LogP contribution is -2.48. The van der Waals surface area contributed by atoms with E-state index >= 15 is 0 Å². The van der Waals surface area contributed by atoms with Crippen LogP contribution in [0.3, 0.4) is 0 Å². The zero-order valence-corrected chi connectivity index (χ0v) is 11.8. The predicted octanol–water partition coefficient (Wildman–Crippen LogP) is 4.22. The van der Waals surface area contributed by atoms with Crippen molar-refractivity contribution in [1.29, 1.82) is 0 Å². The molecule has 0 spiro atoms. The second-order valence-electron chi connectivity index (χ2n) is 6.33. The molecular weight excluding hydrogens is 230 g/mol. The summed E-state index contributed by atoms with van der Waals surface area (Å²) in [6, 6.07) is 7.14. The Bertz CT molecular complexity index is 433. The molecule has 0 amide bonds. The molecule has 1 fully saturated rings. The molecule has 1 saturated carbocycles. The number of aryl methyl sites for hydroxylation is 2. The van der Waals surface area contributed by atoms with Crippen LogP contribution in [0.25, 0.3) is 0 Å². The average molecular weight is 259 g/mol. The SMILES string of the molecule is C.CNC[C@@]12CCCCC1CCc1ccc(C)cc12. The number of benzene rings is 1. The molecule has 1 heteroatoms. The minimum absolute atomic E-state index is 0. The van der Waals surface area contributed by atoms with Gasteiger partial charge in [-0.2, -0.15) is 0 Å². The van der Waals surface area contributed by atoms with Crippen LogP contribution in [-0.2, 0) is 11.8 Å². The van der Waals surface area contributed by atoms with Crippen molar-refractivity contribution < 1.29 is 0 Å². The molecule has 1 aromatic rings. The maximum absolute atomic E-state index is 3.49. The highest BCUT2D eigenvalue weighted by molar-refractivity contribution is 5.41. The Balaban J connectivity index is 0.00000133. The molecule has 2 aliphatic carbocycles. The number of likely N-dealkylation sites (N-methyl/N-ethyl adjacent to an activating group) is 1. The first-order chi connectivity index (χ1) is 8.76. The van der Waals surface area contributed by atoms with Crippen LogP contribution in [0.2, 0.25) is 0 Å². The smallest absolute Gasteiger partial charge is 0.0109 e. The Labute approximate surface area is 118 Å². The van der Waals surface area contributed by atoms with Crippen molar-refractivity contribution >= 4 is 0 Å². The van der Waals surface area contributed by atoms with Crippen molar-refractivity contribution in [3.8, 4) is 0 Å². The normalized spacial score (nSPS) is 29.1. The van der Waals surface area contributed by atoms with Gasteiger partial charge in [-0.1, -0.05) is 44.0 Å². The first kappa shape index (κ1) is 14.6. The number of hydrogen-bond donors (Lipinski definition) is 1. The fourth-order valence-electron chi connectivity index (χ4n) is 4.43. The molecule has 3 rings (SSSR count). The van der Waals surface area contributed by atoms with Crippen LogP contribution in [0.15, 0.2) is 18.2 Å². The van der Waals surface area contributed by atoms with E-state index in [1.807, 2.05) is 0 Å². The van der Waals surface area contributed by atoms with Gasteiger partial charge >= 0.3 is 0 Å². The van der Waals surface area contributed by atoms with E-state index in [0.29, 0.717) is 5.41 Å². The van der Waals surface area contributed by atoms with Gasteiger partial charge in [-0.05, 0) is 56.7 Å². The van der Waals surface area contributed by atoms with Gasteiger partial charge in [0.15, 0.2) is 0 Å². The molecule has 0 bridgehead atoms. The Morgan fingerprint density at radius 3 is 2.89 bits per heavy atom. The van der Waals surface area contributed by atoms with Crippen LogP contribution >= 0.6 is 0 Å². The van der Waals surface area contributed by atoms with Crippen LogP contribution < -0.4 is 5.32 Å². The lowest BCUT2D eigenvalue weighted by atomic mass is 9.57. The highest BCUT2D eigenvalue weighted by Gasteiger charge is 2.44. The first-order valence-corrected chi connectivity index (χ1v) is 7.51. The van der Waals surface area contributed by atoms with Crippen LogP contribution in [0, 0.1) is 12.8 Å². The third kappa shape index (κ3) is 2.33. The Morgan fingerprint density at radius 1 is 1.26 bits per heavy atom. The van der Waals surface area contributed by atoms with Gasteiger partial charge in [-0.25, -0.2) is 0 Å². The van der Waals surface area contributed by atoms with Gasteiger partial charge in [-0.15, -0.1) is 0 Å². The van der Waals surface area contributed by atoms with E-state index in [0.717, 1.165) is 12.5 Å². The van der Waals surface area contributed by atoms with Gasteiger partial charge in [0.2, 0.25) is 0 Å². The summed E-state index contributed by atoms with van der Waals surface area (Å²) in [6.07, 6.45) is 8.37. The van der Waals surface area contributed by atoms with Crippen LogP contribution in [0.1, 0.15) is 56.2 Å². The van der Waals surface area contributed by atoms with Crippen LogP contribution in [0.5, 0.6) is 0 Å². The van der Waals surface area contributed by atoms with Gasteiger partial charge in [0.25, 0.3) is 0 Å². The molecule has 106 valence electrons. The zero-order valence-electron chi connectivity index (χ0n) is 11.8. The molecule has 1 unspecified atom stereocenters. The fraction of sp³-hybridized carbons (Fsp3) is 0.667. The van der Waals surface area contributed by atoms with Gasteiger partial charge in [0, 0.05) is 12.0 Å². The lowest BCUT2D eigenvalue weighted by Gasteiger charge is -2.49. The molecule has 2 aliphatic rings. The molecule has 0 aliphatic heterocycles. The molecule has 0 radical (unpaired) electrons. The van der Waals surface area contributed by atoms with E-state index in [9.17, 15) is 0 Å². The molecule has 0 aromatic heterocycles. The van der Waals surface area contributed by atoms with E-state index in [1.165, 1.54) is 44.1 Å². The topological polar surface area (TPSA) is 12.0 Å². The Hall–Kier alpha value is -0.820. The van der Waals surface area contributed by atoms with Crippen molar-refractivity contribution in [3.05, 3.63) is 34.9 Å². The number of nitrogens with one attached hydrogen (secondary N) is 1. The zero-order chi connectivity index (χ0) is 12.6. The van der Waals surface area contributed by atoms with Crippen molar-refractivity contribution in [1.82, 2.24) is 5.32 Å². The molecule has 0 saturated heterocycles. The van der Waals surface area contributed by atoms with Crippen molar-refractivity contribution in [2.45, 2.75) is 58.3 Å². The van der Waals surface area contributed by atoms with Gasteiger partial charge < -0.3 is 5.32 Å². The maximum Gasteiger partial charge on any atom is 0.0109 e. The second-order valence-corrected chi connectivity index (χ2v) is 6.33. The summed E-state index contributed by atoms with van der Waals surface area (Å²) in [7, 11) is 2.12. The van der Waals surface area contributed by atoms with Gasteiger partial charge in [-0.3, -0.25) is 0 Å². The molecule has 1 aromatic carbocycles. The van der Waals surface area contributed by atoms with Crippen molar-refractivity contribution in [3.63, 3.8) is 0 Å². The van der Waals surface area contributed by atoms with E-state index in [-0.39, 0.29) is 7.43 Å². The maximum atomic E-state index is 3.49. The summed E-state index contributed by atoms with van der Waals surface area (Å²) in [5.41, 5.74) is 5.16. The lowest BCUT2D eigenvalue weighted by molar-refractivity contribution is 0.157. The average Bonchev–Trinajstić information content (AvgIpc) is 2.39. The highest BCUT2D eigenvalue weighted by Crippen LogP contribution is 2.49. The third-order valence-electron chi connectivity index (χ3n) is 5.26. The number of rotatable bonds is 2. The Kier molecular flexibility index (Phi) is 4.35. The Morgan fingerprint density at radius 2 is 2.11 bits per heavy atom. The molecule has 19 heavy (non-hydrogen) atoms. The summed E-state index contributed by atoms with van der Waals surface area (Å²) in [5.74, 6) is 0.910. The quantitative estimate of drug-likeness (QED) is 0.838. The molecule has 2 atom stereocenters. The predicted molar refractivity (Wildman–Crippen MR) is 83.8 cm³/mol. The van der Waals surface area contributed by atoms with E-state index in [2.05, 4.69) is 37.5 Å². The number of hydrogen-bond acceptors (Lipinski definition) is 1. The number of fused-ring (bicyclic) bond motifs is 3. The van der Waals surface area contributed by atoms with Gasteiger partial charge in [0.1, 0.15) is 0 Å². The highest BCUT2D eigenvalue weighted by atomic mass is 14.8. The van der Waals surface area contributed by atoms with Gasteiger partial charge in [0.05, 0.1) is 0 Å².